The number of H-pyrrole nitrogens is 1. The maximum Gasteiger partial charge on any atom is 0.225 e. The molecule has 1 amide bonds. The number of rotatable bonds is 6. The van der Waals surface area contributed by atoms with Gasteiger partial charge in [-0.05, 0) is 30.5 Å². The van der Waals surface area contributed by atoms with Crippen molar-refractivity contribution >= 4 is 11.7 Å². The zero-order chi connectivity index (χ0) is 14.4. The first-order valence-corrected chi connectivity index (χ1v) is 6.68. The highest BCUT2D eigenvalue weighted by molar-refractivity contribution is 5.90. The summed E-state index contributed by atoms with van der Waals surface area (Å²) in [5, 5.41) is 9.58. The number of carbonyl (C=O) groups is 1. The quantitative estimate of drug-likeness (QED) is 0.850. The molecule has 1 aromatic heterocycles. The van der Waals surface area contributed by atoms with E-state index in [2.05, 4.69) is 15.5 Å². The first-order valence-electron chi connectivity index (χ1n) is 6.68. The lowest BCUT2D eigenvalue weighted by atomic mass is 10.1. The molecule has 0 unspecified atom stereocenters. The summed E-state index contributed by atoms with van der Waals surface area (Å²) in [5.74, 6) is 1.49. The summed E-state index contributed by atoms with van der Waals surface area (Å²) >= 11 is 0. The number of carbonyl (C=O) groups excluding carboxylic acids is 1. The highest BCUT2D eigenvalue weighted by atomic mass is 16.5. The second-order valence-corrected chi connectivity index (χ2v) is 4.52. The van der Waals surface area contributed by atoms with Gasteiger partial charge in [0.25, 0.3) is 0 Å². The molecule has 0 aliphatic heterocycles. The third-order valence-electron chi connectivity index (χ3n) is 3.14. The van der Waals surface area contributed by atoms with Crippen LogP contribution in [-0.4, -0.2) is 23.2 Å². The highest BCUT2D eigenvalue weighted by Crippen LogP contribution is 2.15. The lowest BCUT2D eigenvalue weighted by molar-refractivity contribution is -0.116. The topological polar surface area (TPSA) is 67.0 Å². The van der Waals surface area contributed by atoms with E-state index >= 15 is 0 Å². The molecule has 0 saturated heterocycles. The maximum absolute atomic E-state index is 11.9. The summed E-state index contributed by atoms with van der Waals surface area (Å²) in [6.45, 7) is 2.02. The van der Waals surface area contributed by atoms with Crippen molar-refractivity contribution < 1.29 is 9.53 Å². The summed E-state index contributed by atoms with van der Waals surface area (Å²) in [6, 6.07) is 7.75. The number of hydrogen-bond donors (Lipinski definition) is 2. The molecule has 0 aliphatic carbocycles. The molecule has 0 bridgehead atoms. The van der Waals surface area contributed by atoms with Crippen LogP contribution in [0.25, 0.3) is 0 Å². The van der Waals surface area contributed by atoms with E-state index in [1.54, 1.807) is 13.3 Å². The molecule has 0 atom stereocenters. The fraction of sp³-hybridized carbons (Fsp3) is 0.333. The zero-order valence-electron chi connectivity index (χ0n) is 11.8. The summed E-state index contributed by atoms with van der Waals surface area (Å²) in [6.07, 6.45) is 3.67. The molecule has 0 aliphatic rings. The molecule has 20 heavy (non-hydrogen) atoms. The summed E-state index contributed by atoms with van der Waals surface area (Å²) in [4.78, 5) is 11.9. The second kappa shape index (κ2) is 6.75. The van der Waals surface area contributed by atoms with Crippen molar-refractivity contribution in [3.8, 4) is 5.75 Å². The molecule has 5 nitrogen and oxygen atoms in total. The van der Waals surface area contributed by atoms with E-state index < -0.39 is 0 Å². The van der Waals surface area contributed by atoms with Crippen LogP contribution >= 0.6 is 0 Å². The number of methoxy groups -OCH3 is 1. The number of hydrogen-bond acceptors (Lipinski definition) is 3. The van der Waals surface area contributed by atoms with Gasteiger partial charge in [-0.2, -0.15) is 5.10 Å². The minimum absolute atomic E-state index is 0.0215. The van der Waals surface area contributed by atoms with Crippen LogP contribution in [0.2, 0.25) is 0 Å². The van der Waals surface area contributed by atoms with Gasteiger partial charge < -0.3 is 10.1 Å². The average Bonchev–Trinajstić information content (AvgIpc) is 2.92. The van der Waals surface area contributed by atoms with E-state index in [0.29, 0.717) is 18.7 Å². The zero-order valence-corrected chi connectivity index (χ0v) is 11.8. The second-order valence-electron chi connectivity index (χ2n) is 4.52. The van der Waals surface area contributed by atoms with Crippen LogP contribution in [0.3, 0.4) is 0 Å². The molecule has 2 aromatic rings. The number of nitrogens with one attached hydrogen (secondary N) is 2. The maximum atomic E-state index is 11.9. The van der Waals surface area contributed by atoms with Crippen LogP contribution in [0.5, 0.6) is 5.75 Å². The highest BCUT2D eigenvalue weighted by Gasteiger charge is 2.08. The average molecular weight is 273 g/mol. The van der Waals surface area contributed by atoms with E-state index in [0.717, 1.165) is 23.3 Å². The molecule has 0 fully saturated rings. The molecular formula is C15H19N3O2. The normalized spacial score (nSPS) is 10.3. The Kier molecular flexibility index (Phi) is 4.76. The lowest BCUT2D eigenvalue weighted by Crippen LogP contribution is -2.13. The minimum Gasteiger partial charge on any atom is -0.497 e. The van der Waals surface area contributed by atoms with Gasteiger partial charge in [0, 0.05) is 12.0 Å². The van der Waals surface area contributed by atoms with Crippen LogP contribution in [0.15, 0.2) is 30.5 Å². The first-order chi connectivity index (χ1) is 9.72. The van der Waals surface area contributed by atoms with Crippen molar-refractivity contribution in [3.05, 3.63) is 41.6 Å². The minimum atomic E-state index is -0.0215. The molecule has 106 valence electrons. The van der Waals surface area contributed by atoms with Gasteiger partial charge in [-0.25, -0.2) is 0 Å². The lowest BCUT2D eigenvalue weighted by Gasteiger charge is -2.06. The van der Waals surface area contributed by atoms with Gasteiger partial charge in [-0.1, -0.05) is 19.1 Å². The van der Waals surface area contributed by atoms with Crippen molar-refractivity contribution in [1.29, 1.82) is 0 Å². The van der Waals surface area contributed by atoms with Crippen LogP contribution in [-0.2, 0) is 17.6 Å². The fourth-order valence-corrected chi connectivity index (χ4v) is 1.98. The number of amides is 1. The third-order valence-corrected chi connectivity index (χ3v) is 3.14. The molecule has 1 aromatic carbocycles. The standard InChI is InChI=1S/C15H19N3O2/c1-3-12-10-16-18-15(12)17-14(19)8-7-11-5-4-6-13(9-11)20-2/h4-6,9-10H,3,7-8H2,1-2H3,(H2,16,17,18,19). The molecule has 2 N–H and O–H groups in total. The molecule has 1 heterocycles. The van der Waals surface area contributed by atoms with Crippen LogP contribution in [0.4, 0.5) is 5.82 Å². The molecular weight excluding hydrogens is 254 g/mol. The number of nitrogens with zero attached hydrogens (tertiary/aromatic N) is 1. The van der Waals surface area contributed by atoms with E-state index in [1.807, 2.05) is 31.2 Å². The number of benzene rings is 1. The van der Waals surface area contributed by atoms with Crippen molar-refractivity contribution in [2.75, 3.05) is 12.4 Å². The summed E-state index contributed by atoms with van der Waals surface area (Å²) in [5.41, 5.74) is 2.10. The number of aryl methyl sites for hydroxylation is 2. The molecule has 0 spiro atoms. The Balaban J connectivity index is 1.89. The molecule has 2 rings (SSSR count). The first kappa shape index (κ1) is 14.1. The van der Waals surface area contributed by atoms with Gasteiger partial charge in [0.05, 0.1) is 13.3 Å². The summed E-state index contributed by atoms with van der Waals surface area (Å²) in [7, 11) is 1.64. The monoisotopic (exact) mass is 273 g/mol. The Morgan fingerprint density at radius 3 is 3.05 bits per heavy atom. The van der Waals surface area contributed by atoms with Crippen molar-refractivity contribution in [2.45, 2.75) is 26.2 Å². The Bertz CT molecular complexity index is 578. The molecule has 5 heteroatoms. The van der Waals surface area contributed by atoms with E-state index in [-0.39, 0.29) is 5.91 Å². The van der Waals surface area contributed by atoms with Gasteiger partial charge in [-0.3, -0.25) is 9.89 Å². The van der Waals surface area contributed by atoms with Crippen molar-refractivity contribution in [2.24, 2.45) is 0 Å². The van der Waals surface area contributed by atoms with Gasteiger partial charge in [0.1, 0.15) is 11.6 Å². The number of aromatic amines is 1. The molecule has 0 saturated carbocycles. The van der Waals surface area contributed by atoms with Crippen LogP contribution in [0, 0.1) is 0 Å². The van der Waals surface area contributed by atoms with Gasteiger partial charge in [0.2, 0.25) is 5.91 Å². The van der Waals surface area contributed by atoms with Gasteiger partial charge >= 0.3 is 0 Å². The van der Waals surface area contributed by atoms with E-state index in [1.165, 1.54) is 0 Å². The van der Waals surface area contributed by atoms with E-state index in [9.17, 15) is 4.79 Å². The Hall–Kier alpha value is -2.30. The predicted molar refractivity (Wildman–Crippen MR) is 77.9 cm³/mol. The molecule has 0 radical (unpaired) electrons. The van der Waals surface area contributed by atoms with E-state index in [4.69, 9.17) is 4.74 Å². The largest absolute Gasteiger partial charge is 0.497 e. The van der Waals surface area contributed by atoms with Crippen LogP contribution < -0.4 is 10.1 Å². The Labute approximate surface area is 118 Å². The van der Waals surface area contributed by atoms with Gasteiger partial charge in [0.15, 0.2) is 0 Å². The van der Waals surface area contributed by atoms with Crippen molar-refractivity contribution in [1.82, 2.24) is 10.2 Å². The number of ether oxygens (including phenoxy) is 1. The summed E-state index contributed by atoms with van der Waals surface area (Å²) < 4.78 is 5.16. The smallest absolute Gasteiger partial charge is 0.225 e. The van der Waals surface area contributed by atoms with Gasteiger partial charge in [-0.15, -0.1) is 0 Å². The predicted octanol–water partition coefficient (Wildman–Crippen LogP) is 2.55. The Morgan fingerprint density at radius 2 is 2.30 bits per heavy atom. The number of aromatic nitrogens is 2. The SMILES string of the molecule is CCc1cn[nH]c1NC(=O)CCc1cccc(OC)c1. The number of anilines is 1. The third kappa shape index (κ3) is 3.60. The Morgan fingerprint density at radius 1 is 1.45 bits per heavy atom. The fourth-order valence-electron chi connectivity index (χ4n) is 1.98. The van der Waals surface area contributed by atoms with Crippen LogP contribution in [0.1, 0.15) is 24.5 Å². The van der Waals surface area contributed by atoms with Crippen molar-refractivity contribution in [3.63, 3.8) is 0 Å².